The number of nitrogens with zero attached hydrogens (tertiary/aromatic N) is 3. The van der Waals surface area contributed by atoms with E-state index in [1.54, 1.807) is 12.1 Å². The predicted octanol–water partition coefficient (Wildman–Crippen LogP) is 5.62. The fraction of sp³-hybridized carbons (Fsp3) is 0.472. The Morgan fingerprint density at radius 1 is 0.909 bits per heavy atom. The van der Waals surface area contributed by atoms with Gasteiger partial charge in [0.1, 0.15) is 0 Å². The second-order valence-corrected chi connectivity index (χ2v) is 15.7. The number of piperazine rings is 1. The lowest BCUT2D eigenvalue weighted by atomic mass is 9.59. The lowest BCUT2D eigenvalue weighted by molar-refractivity contribution is -0.0628. The topological polar surface area (TPSA) is 87.0 Å². The van der Waals surface area contributed by atoms with Gasteiger partial charge in [0.25, 0.3) is 0 Å². The minimum absolute atomic E-state index is 0.337. The monoisotopic (exact) mass is 614 g/mol. The molecule has 1 atom stereocenters. The van der Waals surface area contributed by atoms with Crippen LogP contribution in [0.15, 0.2) is 77.7 Å². The molecule has 3 aliphatic rings. The van der Waals surface area contributed by atoms with Crippen molar-refractivity contribution in [3.63, 3.8) is 0 Å². The molecular formula is C36H46N4O3S. The van der Waals surface area contributed by atoms with Crippen LogP contribution < -0.4 is 10.6 Å². The summed E-state index contributed by atoms with van der Waals surface area (Å²) < 4.78 is 23.9. The largest absolute Gasteiger partial charge is 0.371 e. The highest BCUT2D eigenvalue weighted by molar-refractivity contribution is 7.90. The summed E-state index contributed by atoms with van der Waals surface area (Å²) in [5.41, 5.74) is 11.6. The molecule has 3 aromatic carbocycles. The van der Waals surface area contributed by atoms with Gasteiger partial charge in [-0.3, -0.25) is 14.6 Å². The maximum absolute atomic E-state index is 11.9. The molecule has 2 aliphatic heterocycles. The highest BCUT2D eigenvalue weighted by Gasteiger charge is 2.50. The first-order valence-electron chi connectivity index (χ1n) is 16.0. The van der Waals surface area contributed by atoms with Crippen LogP contribution in [0.25, 0.3) is 0 Å². The number of anilines is 1. The van der Waals surface area contributed by atoms with Crippen LogP contribution in [-0.2, 0) is 16.4 Å². The second kappa shape index (κ2) is 12.3. The molecule has 3 fully saturated rings. The van der Waals surface area contributed by atoms with Crippen molar-refractivity contribution >= 4 is 21.4 Å². The van der Waals surface area contributed by atoms with Gasteiger partial charge in [-0.15, -0.1) is 0 Å². The number of hydrogen-bond acceptors (Lipinski definition) is 6. The van der Waals surface area contributed by atoms with E-state index in [-0.39, 0.29) is 5.91 Å². The average molecular weight is 615 g/mol. The van der Waals surface area contributed by atoms with Gasteiger partial charge in [0, 0.05) is 68.9 Å². The quantitative estimate of drug-likeness (QED) is 0.355. The van der Waals surface area contributed by atoms with E-state index in [0.717, 1.165) is 44.8 Å². The van der Waals surface area contributed by atoms with Crippen molar-refractivity contribution in [2.24, 2.45) is 11.1 Å². The van der Waals surface area contributed by atoms with Crippen molar-refractivity contribution in [2.45, 2.75) is 69.0 Å². The Morgan fingerprint density at radius 3 is 2.18 bits per heavy atom. The molecule has 0 bridgehead atoms. The smallest absolute Gasteiger partial charge is 0.248 e. The molecule has 44 heavy (non-hydrogen) atoms. The number of piperidine rings is 1. The first-order valence-corrected chi connectivity index (χ1v) is 17.9. The number of benzene rings is 3. The molecule has 1 aliphatic carbocycles. The van der Waals surface area contributed by atoms with E-state index < -0.39 is 9.84 Å². The number of carbonyl (C=O) groups is 1. The molecular weight excluding hydrogens is 568 g/mol. The molecule has 8 heteroatoms. The van der Waals surface area contributed by atoms with Crippen LogP contribution in [0.3, 0.4) is 0 Å². The van der Waals surface area contributed by atoms with Gasteiger partial charge in [-0.05, 0) is 90.1 Å². The Hall–Kier alpha value is -3.20. The van der Waals surface area contributed by atoms with Crippen molar-refractivity contribution < 1.29 is 13.2 Å². The van der Waals surface area contributed by atoms with E-state index in [9.17, 15) is 13.2 Å². The van der Waals surface area contributed by atoms with Crippen molar-refractivity contribution in [1.29, 1.82) is 0 Å². The fourth-order valence-electron chi connectivity index (χ4n) is 7.81. The van der Waals surface area contributed by atoms with Crippen LogP contribution in [0, 0.1) is 5.41 Å². The summed E-state index contributed by atoms with van der Waals surface area (Å²) >= 11 is 0. The number of hydrogen-bond donors (Lipinski definition) is 1. The Kier molecular flexibility index (Phi) is 8.61. The summed E-state index contributed by atoms with van der Waals surface area (Å²) in [6.45, 7) is 10.5. The number of amides is 1. The SMILES string of the molecule is CC(C)c1ccccc1C1CN(Cc2ccc(S(C)(=O)=O)cc2)CCN1C1CC2(CCN(c3ccc(C(N)=O)cc3)CC2)C1. The minimum atomic E-state index is -3.20. The van der Waals surface area contributed by atoms with Crippen LogP contribution in [0.1, 0.15) is 78.5 Å². The van der Waals surface area contributed by atoms with Gasteiger partial charge in [-0.2, -0.15) is 0 Å². The zero-order valence-corrected chi connectivity index (χ0v) is 27.1. The van der Waals surface area contributed by atoms with Crippen LogP contribution >= 0.6 is 0 Å². The van der Waals surface area contributed by atoms with Crippen molar-refractivity contribution in [2.75, 3.05) is 43.9 Å². The number of sulfone groups is 1. The number of rotatable bonds is 8. The zero-order chi connectivity index (χ0) is 31.1. The van der Waals surface area contributed by atoms with E-state index in [1.807, 2.05) is 36.4 Å². The standard InChI is InChI=1S/C36H46N4O3S/c1-26(2)32-6-4-5-7-33(32)34-25-38(24-27-8-14-31(15-9-27)44(3,42)43)20-21-40(34)30-22-36(23-30)16-18-39(19-17-36)29-12-10-28(11-13-29)35(37)41/h4-15,26,30,34H,16-25H2,1-3H3,(H2,37,41). The Balaban J connectivity index is 1.14. The maximum atomic E-state index is 11.9. The summed E-state index contributed by atoms with van der Waals surface area (Å²) in [6, 6.07) is 25.1. The highest BCUT2D eigenvalue weighted by Crippen LogP contribution is 2.53. The van der Waals surface area contributed by atoms with Gasteiger partial charge in [0.05, 0.1) is 4.90 Å². The maximum Gasteiger partial charge on any atom is 0.248 e. The molecule has 234 valence electrons. The Bertz CT molecular complexity index is 1570. The summed E-state index contributed by atoms with van der Waals surface area (Å²) in [5.74, 6) is 0.0779. The van der Waals surface area contributed by atoms with Crippen molar-refractivity contribution in [1.82, 2.24) is 9.80 Å². The summed E-state index contributed by atoms with van der Waals surface area (Å²) in [7, 11) is -3.20. The van der Waals surface area contributed by atoms with E-state index in [0.29, 0.717) is 33.9 Å². The molecule has 7 nitrogen and oxygen atoms in total. The zero-order valence-electron chi connectivity index (χ0n) is 26.3. The third-order valence-electron chi connectivity index (χ3n) is 10.4. The Morgan fingerprint density at radius 2 is 1.57 bits per heavy atom. The van der Waals surface area contributed by atoms with Gasteiger partial charge >= 0.3 is 0 Å². The van der Waals surface area contributed by atoms with Gasteiger partial charge in [0.15, 0.2) is 9.84 Å². The van der Waals surface area contributed by atoms with E-state index >= 15 is 0 Å². The number of nitrogens with two attached hydrogens (primary N) is 1. The fourth-order valence-corrected chi connectivity index (χ4v) is 8.44. The first-order chi connectivity index (χ1) is 21.0. The van der Waals surface area contributed by atoms with Crippen molar-refractivity contribution in [3.8, 4) is 0 Å². The van der Waals surface area contributed by atoms with Crippen LogP contribution in [-0.4, -0.2) is 69.1 Å². The van der Waals surface area contributed by atoms with Gasteiger partial charge < -0.3 is 10.6 Å². The van der Waals surface area contributed by atoms with Crippen LogP contribution in [0.4, 0.5) is 5.69 Å². The molecule has 1 unspecified atom stereocenters. The lowest BCUT2D eigenvalue weighted by Crippen LogP contribution is -2.60. The summed E-state index contributed by atoms with van der Waals surface area (Å²) in [5, 5.41) is 0. The predicted molar refractivity (Wildman–Crippen MR) is 177 cm³/mol. The van der Waals surface area contributed by atoms with E-state index in [2.05, 4.69) is 52.8 Å². The third-order valence-corrected chi connectivity index (χ3v) is 11.5. The summed E-state index contributed by atoms with van der Waals surface area (Å²) in [6.07, 6.45) is 6.19. The Labute approximate surface area is 263 Å². The molecule has 1 saturated carbocycles. The molecule has 3 aromatic rings. The van der Waals surface area contributed by atoms with Gasteiger partial charge in [0.2, 0.25) is 5.91 Å². The number of carbonyl (C=O) groups excluding carboxylic acids is 1. The lowest BCUT2D eigenvalue weighted by Gasteiger charge is -2.58. The molecule has 6 rings (SSSR count). The molecule has 1 spiro atoms. The minimum Gasteiger partial charge on any atom is -0.371 e. The molecule has 2 N–H and O–H groups in total. The normalized spacial score (nSPS) is 21.5. The highest BCUT2D eigenvalue weighted by atomic mass is 32.2. The van der Waals surface area contributed by atoms with E-state index in [1.165, 1.54) is 48.8 Å². The van der Waals surface area contributed by atoms with Gasteiger partial charge in [-0.25, -0.2) is 8.42 Å². The number of primary amides is 1. The summed E-state index contributed by atoms with van der Waals surface area (Å²) in [4.78, 5) is 19.7. The van der Waals surface area contributed by atoms with Crippen LogP contribution in [0.5, 0.6) is 0 Å². The average Bonchev–Trinajstić information content (AvgIpc) is 3.00. The second-order valence-electron chi connectivity index (χ2n) is 13.6. The third kappa shape index (κ3) is 6.44. The van der Waals surface area contributed by atoms with Crippen molar-refractivity contribution in [3.05, 3.63) is 95.1 Å². The van der Waals surface area contributed by atoms with E-state index in [4.69, 9.17) is 5.73 Å². The molecule has 0 aromatic heterocycles. The van der Waals surface area contributed by atoms with Gasteiger partial charge in [-0.1, -0.05) is 50.2 Å². The molecule has 2 heterocycles. The molecule has 1 amide bonds. The molecule has 0 radical (unpaired) electrons. The molecule has 2 saturated heterocycles. The van der Waals surface area contributed by atoms with Crippen LogP contribution in [0.2, 0.25) is 0 Å². The first kappa shape index (κ1) is 30.8.